The third kappa shape index (κ3) is 2.30. The van der Waals surface area contributed by atoms with Gasteiger partial charge in [0.15, 0.2) is 11.6 Å². The fraction of sp³-hybridized carbons (Fsp3) is 0.0714. The summed E-state index contributed by atoms with van der Waals surface area (Å²) in [5.74, 6) is -1.70. The Hall–Kier alpha value is -2.21. The molecule has 0 saturated carbocycles. The van der Waals surface area contributed by atoms with E-state index in [2.05, 4.69) is 10.3 Å². The van der Waals surface area contributed by atoms with E-state index in [1.54, 1.807) is 5.51 Å². The van der Waals surface area contributed by atoms with Crippen LogP contribution in [0.2, 0.25) is 0 Å². The first-order valence-corrected chi connectivity index (χ1v) is 6.82. The smallest absolute Gasteiger partial charge is 0.159 e. The van der Waals surface area contributed by atoms with Crippen LogP contribution in [0.4, 0.5) is 20.2 Å². The van der Waals surface area contributed by atoms with E-state index in [9.17, 15) is 8.78 Å². The molecule has 0 aliphatic carbocycles. The van der Waals surface area contributed by atoms with Gasteiger partial charge in [0.25, 0.3) is 0 Å². The maximum absolute atomic E-state index is 13.1. The monoisotopic (exact) mass is 291 g/mol. The molecule has 20 heavy (non-hydrogen) atoms. The van der Waals surface area contributed by atoms with Crippen molar-refractivity contribution in [3.8, 4) is 0 Å². The lowest BCUT2D eigenvalue weighted by Gasteiger charge is -2.10. The van der Waals surface area contributed by atoms with Crippen molar-refractivity contribution >= 4 is 32.9 Å². The van der Waals surface area contributed by atoms with E-state index in [1.165, 1.54) is 23.5 Å². The number of hydrogen-bond acceptors (Lipinski definition) is 4. The molecule has 0 aliphatic rings. The number of fused-ring (bicyclic) bond motifs is 1. The van der Waals surface area contributed by atoms with Crippen LogP contribution in [-0.4, -0.2) is 4.98 Å². The molecule has 0 unspecified atom stereocenters. The average molecular weight is 291 g/mol. The molecule has 0 aliphatic heterocycles. The lowest BCUT2D eigenvalue weighted by Crippen LogP contribution is -2.03. The zero-order valence-electron chi connectivity index (χ0n) is 10.4. The topological polar surface area (TPSA) is 50.9 Å². The van der Waals surface area contributed by atoms with E-state index in [1.807, 2.05) is 12.1 Å². The van der Waals surface area contributed by atoms with Crippen LogP contribution in [-0.2, 0) is 6.54 Å². The minimum Gasteiger partial charge on any atom is -0.395 e. The van der Waals surface area contributed by atoms with Crippen molar-refractivity contribution in [2.24, 2.45) is 0 Å². The van der Waals surface area contributed by atoms with Crippen molar-refractivity contribution < 1.29 is 8.78 Å². The number of nitrogens with two attached hydrogens (primary N) is 1. The highest BCUT2D eigenvalue weighted by Gasteiger charge is 2.07. The number of benzene rings is 2. The number of aromatic nitrogens is 1. The average Bonchev–Trinajstić information content (AvgIpc) is 2.91. The van der Waals surface area contributed by atoms with E-state index in [0.717, 1.165) is 22.0 Å². The van der Waals surface area contributed by atoms with Crippen LogP contribution in [0, 0.1) is 11.6 Å². The number of anilines is 2. The molecule has 1 aromatic heterocycles. The largest absolute Gasteiger partial charge is 0.395 e. The number of nitrogens with one attached hydrogen (secondary N) is 1. The van der Waals surface area contributed by atoms with Crippen LogP contribution in [0.25, 0.3) is 10.2 Å². The Morgan fingerprint density at radius 1 is 1.15 bits per heavy atom. The maximum Gasteiger partial charge on any atom is 0.159 e. The van der Waals surface area contributed by atoms with Gasteiger partial charge in [-0.15, -0.1) is 11.3 Å². The van der Waals surface area contributed by atoms with Crippen LogP contribution in [0.5, 0.6) is 0 Å². The lowest BCUT2D eigenvalue weighted by molar-refractivity contribution is 0.507. The number of thiazole rings is 1. The summed E-state index contributed by atoms with van der Waals surface area (Å²) in [7, 11) is 0. The molecule has 0 saturated heterocycles. The number of halogens is 2. The van der Waals surface area contributed by atoms with Gasteiger partial charge in [0.05, 0.1) is 21.6 Å². The number of rotatable bonds is 3. The Kier molecular flexibility index (Phi) is 3.23. The molecule has 0 bridgehead atoms. The predicted octanol–water partition coefficient (Wildman–Crippen LogP) is 3.77. The summed E-state index contributed by atoms with van der Waals surface area (Å²) in [5, 5.41) is 3.11. The van der Waals surface area contributed by atoms with Gasteiger partial charge in [0, 0.05) is 6.54 Å². The summed E-state index contributed by atoms with van der Waals surface area (Å²) in [4.78, 5) is 4.20. The van der Waals surface area contributed by atoms with Crippen LogP contribution in [0.3, 0.4) is 0 Å². The zero-order valence-corrected chi connectivity index (χ0v) is 11.2. The Morgan fingerprint density at radius 3 is 2.80 bits per heavy atom. The maximum atomic E-state index is 13.1. The molecule has 1 heterocycles. The van der Waals surface area contributed by atoms with Crippen molar-refractivity contribution in [1.29, 1.82) is 0 Å². The van der Waals surface area contributed by atoms with E-state index < -0.39 is 11.6 Å². The van der Waals surface area contributed by atoms with Gasteiger partial charge in [0.1, 0.15) is 5.52 Å². The highest BCUT2D eigenvalue weighted by Crippen LogP contribution is 2.30. The molecule has 0 fully saturated rings. The Bertz CT molecular complexity index is 770. The first-order valence-electron chi connectivity index (χ1n) is 5.94. The molecule has 6 heteroatoms. The van der Waals surface area contributed by atoms with E-state index in [0.29, 0.717) is 17.8 Å². The van der Waals surface area contributed by atoms with Crippen molar-refractivity contribution in [2.75, 3.05) is 11.1 Å². The second kappa shape index (κ2) is 5.05. The fourth-order valence-corrected chi connectivity index (χ4v) is 2.65. The van der Waals surface area contributed by atoms with Gasteiger partial charge in [-0.25, -0.2) is 13.8 Å². The number of nitrogens with zero attached hydrogens (tertiary/aromatic N) is 1. The van der Waals surface area contributed by atoms with Gasteiger partial charge in [-0.1, -0.05) is 6.07 Å². The second-order valence-corrected chi connectivity index (χ2v) is 5.21. The molecule has 0 radical (unpaired) electrons. The molecule has 0 amide bonds. The summed E-state index contributed by atoms with van der Waals surface area (Å²) in [5.41, 5.74) is 10.5. The van der Waals surface area contributed by atoms with Gasteiger partial charge in [0.2, 0.25) is 0 Å². The third-order valence-corrected chi connectivity index (χ3v) is 3.80. The predicted molar refractivity (Wildman–Crippen MR) is 77.7 cm³/mol. The molecule has 2 aromatic carbocycles. The second-order valence-electron chi connectivity index (χ2n) is 4.33. The number of nitrogen functional groups attached to an aromatic ring is 1. The Balaban J connectivity index is 1.82. The summed E-state index contributed by atoms with van der Waals surface area (Å²) < 4.78 is 27.0. The van der Waals surface area contributed by atoms with Gasteiger partial charge in [-0.05, 0) is 29.8 Å². The first-order chi connectivity index (χ1) is 9.65. The SMILES string of the molecule is Nc1c(NCc2ccc(F)c(F)c2)ccc2scnc12. The van der Waals surface area contributed by atoms with E-state index >= 15 is 0 Å². The summed E-state index contributed by atoms with van der Waals surface area (Å²) in [6.45, 7) is 0.358. The molecular weight excluding hydrogens is 280 g/mol. The minimum atomic E-state index is -0.854. The highest BCUT2D eigenvalue weighted by atomic mass is 32.1. The standard InChI is InChI=1S/C14H11F2N3S/c15-9-2-1-8(5-10(9)16)6-18-11-3-4-12-14(13(11)17)19-7-20-12/h1-5,7,18H,6,17H2. The van der Waals surface area contributed by atoms with E-state index in [4.69, 9.17) is 5.73 Å². The van der Waals surface area contributed by atoms with Crippen molar-refractivity contribution in [1.82, 2.24) is 4.98 Å². The van der Waals surface area contributed by atoms with Crippen LogP contribution >= 0.6 is 11.3 Å². The Labute approximate surface area is 118 Å². The van der Waals surface area contributed by atoms with Gasteiger partial charge < -0.3 is 11.1 Å². The molecule has 3 N–H and O–H groups in total. The van der Waals surface area contributed by atoms with Gasteiger partial charge >= 0.3 is 0 Å². The summed E-state index contributed by atoms with van der Waals surface area (Å²) in [6.07, 6.45) is 0. The normalized spacial score (nSPS) is 10.9. The van der Waals surface area contributed by atoms with Crippen LogP contribution < -0.4 is 11.1 Å². The highest BCUT2D eigenvalue weighted by molar-refractivity contribution is 7.16. The van der Waals surface area contributed by atoms with Crippen LogP contribution in [0.1, 0.15) is 5.56 Å². The summed E-state index contributed by atoms with van der Waals surface area (Å²) >= 11 is 1.52. The molecule has 3 aromatic rings. The molecule has 3 rings (SSSR count). The zero-order chi connectivity index (χ0) is 14.1. The fourth-order valence-electron chi connectivity index (χ4n) is 1.95. The minimum absolute atomic E-state index is 0.358. The Morgan fingerprint density at radius 2 is 2.00 bits per heavy atom. The molecular formula is C14H11F2N3S. The summed E-state index contributed by atoms with van der Waals surface area (Å²) in [6, 6.07) is 7.59. The lowest BCUT2D eigenvalue weighted by atomic mass is 10.2. The van der Waals surface area contributed by atoms with Crippen LogP contribution in [0.15, 0.2) is 35.8 Å². The molecule has 102 valence electrons. The third-order valence-electron chi connectivity index (χ3n) is 3.01. The molecule has 0 atom stereocenters. The number of hydrogen-bond donors (Lipinski definition) is 2. The van der Waals surface area contributed by atoms with Crippen molar-refractivity contribution in [3.05, 3.63) is 53.0 Å². The molecule has 3 nitrogen and oxygen atoms in total. The first kappa shape index (κ1) is 12.8. The van der Waals surface area contributed by atoms with Gasteiger partial charge in [-0.3, -0.25) is 0 Å². The molecule has 0 spiro atoms. The van der Waals surface area contributed by atoms with Crippen molar-refractivity contribution in [2.45, 2.75) is 6.54 Å². The van der Waals surface area contributed by atoms with Gasteiger partial charge in [-0.2, -0.15) is 0 Å². The van der Waals surface area contributed by atoms with E-state index in [-0.39, 0.29) is 0 Å². The van der Waals surface area contributed by atoms with Crippen molar-refractivity contribution in [3.63, 3.8) is 0 Å². The quantitative estimate of drug-likeness (QED) is 0.722.